The van der Waals surface area contributed by atoms with E-state index < -0.39 is 17.3 Å². The van der Waals surface area contributed by atoms with Gasteiger partial charge in [-0.1, -0.05) is 0 Å². The summed E-state index contributed by atoms with van der Waals surface area (Å²) in [6.45, 7) is 7.35. The van der Waals surface area contributed by atoms with Crippen LogP contribution in [0, 0.1) is 0 Å². The first kappa shape index (κ1) is 16.5. The molecule has 1 N–H and O–H groups in total. The molecule has 0 radical (unpaired) electrons. The van der Waals surface area contributed by atoms with E-state index in [1.54, 1.807) is 4.90 Å². The number of hydrogen-bond donors (Lipinski definition) is 1. The number of amides is 1. The molecule has 2 fully saturated rings. The van der Waals surface area contributed by atoms with E-state index >= 15 is 0 Å². The minimum Gasteiger partial charge on any atom is -0.444 e. The molecule has 0 aromatic heterocycles. The van der Waals surface area contributed by atoms with Gasteiger partial charge in [0.25, 0.3) is 0 Å². The van der Waals surface area contributed by atoms with Crippen LogP contribution in [-0.2, 0) is 4.74 Å². The number of alkyl halides is 1. The van der Waals surface area contributed by atoms with Gasteiger partial charge in [-0.2, -0.15) is 0 Å². The maximum absolute atomic E-state index is 14.1. The van der Waals surface area contributed by atoms with Gasteiger partial charge in [0.1, 0.15) is 11.8 Å². The lowest BCUT2D eigenvalue weighted by Gasteiger charge is -2.37. The van der Waals surface area contributed by atoms with Gasteiger partial charge in [-0.3, -0.25) is 0 Å². The van der Waals surface area contributed by atoms with Crippen LogP contribution in [0.25, 0.3) is 0 Å². The second-order valence-electron chi connectivity index (χ2n) is 6.34. The predicted octanol–water partition coefficient (Wildman–Crippen LogP) is 2.51. The van der Waals surface area contributed by atoms with Crippen molar-refractivity contribution in [2.24, 2.45) is 0 Å². The van der Waals surface area contributed by atoms with Crippen molar-refractivity contribution in [1.82, 2.24) is 10.2 Å². The van der Waals surface area contributed by atoms with E-state index in [4.69, 9.17) is 4.74 Å². The van der Waals surface area contributed by atoms with Gasteiger partial charge in [-0.05, 0) is 46.6 Å². The highest BCUT2D eigenvalue weighted by atomic mass is 35.5. The Balaban J connectivity index is 0.00000180. The number of carbonyl (C=O) groups excluding carboxylic acids is 1. The summed E-state index contributed by atoms with van der Waals surface area (Å²) in [4.78, 5) is 13.6. The number of nitrogens with zero attached hydrogens (tertiary/aromatic N) is 1. The average molecular weight is 295 g/mol. The van der Waals surface area contributed by atoms with Crippen molar-refractivity contribution in [3.63, 3.8) is 0 Å². The third-order valence-electron chi connectivity index (χ3n) is 3.66. The Hall–Kier alpha value is -0.550. The van der Waals surface area contributed by atoms with Crippen molar-refractivity contribution in [2.45, 2.75) is 57.3 Å². The van der Waals surface area contributed by atoms with Crippen LogP contribution in [0.4, 0.5) is 9.18 Å². The van der Waals surface area contributed by atoms with E-state index in [0.29, 0.717) is 25.9 Å². The molecule has 2 aliphatic heterocycles. The number of hydrogen-bond acceptors (Lipinski definition) is 3. The Morgan fingerprint density at radius 3 is 2.74 bits per heavy atom. The van der Waals surface area contributed by atoms with Crippen LogP contribution in [0.15, 0.2) is 0 Å². The Bertz CT molecular complexity index is 335. The molecule has 2 atom stereocenters. The van der Waals surface area contributed by atoms with E-state index in [9.17, 15) is 9.18 Å². The van der Waals surface area contributed by atoms with Crippen molar-refractivity contribution >= 4 is 18.5 Å². The van der Waals surface area contributed by atoms with Gasteiger partial charge in [0.2, 0.25) is 0 Å². The van der Waals surface area contributed by atoms with Gasteiger partial charge in [-0.15, -0.1) is 12.4 Å². The molecule has 112 valence electrons. The number of rotatable bonds is 0. The highest BCUT2D eigenvalue weighted by Crippen LogP contribution is 2.32. The molecule has 0 aliphatic carbocycles. The molecule has 0 aromatic rings. The molecule has 1 amide bonds. The Kier molecular flexibility index (Phi) is 5.07. The summed E-state index contributed by atoms with van der Waals surface area (Å²) in [6.07, 6.45) is 0.940. The fourth-order valence-corrected chi connectivity index (χ4v) is 2.72. The molecule has 6 heteroatoms. The van der Waals surface area contributed by atoms with Crippen LogP contribution in [0.3, 0.4) is 0 Å². The molecule has 2 heterocycles. The highest BCUT2D eigenvalue weighted by molar-refractivity contribution is 5.85. The van der Waals surface area contributed by atoms with Gasteiger partial charge >= 0.3 is 6.09 Å². The normalized spacial score (nSPS) is 31.2. The zero-order valence-electron chi connectivity index (χ0n) is 11.9. The third kappa shape index (κ3) is 3.72. The number of nitrogens with one attached hydrogen (secondary N) is 1. The summed E-state index contributed by atoms with van der Waals surface area (Å²) in [5, 5.41) is 3.27. The van der Waals surface area contributed by atoms with E-state index in [-0.39, 0.29) is 18.5 Å². The first-order valence-electron chi connectivity index (χ1n) is 6.69. The number of likely N-dealkylation sites (tertiary alicyclic amines) is 1. The SMILES string of the molecule is CC(C)(C)OC(=O)N1CCC2(C1)NCCCC2F.Cl. The quantitative estimate of drug-likeness (QED) is 0.746. The Labute approximate surface area is 120 Å². The van der Waals surface area contributed by atoms with Gasteiger partial charge in [0.15, 0.2) is 0 Å². The van der Waals surface area contributed by atoms with Crippen LogP contribution in [0.2, 0.25) is 0 Å². The standard InChI is InChI=1S/C13H23FN2O2.ClH/c1-12(2,3)18-11(17)16-8-6-13(9-16)10(14)5-4-7-15-13;/h10,15H,4-9H2,1-3H3;1H. The Morgan fingerprint density at radius 1 is 1.47 bits per heavy atom. The van der Waals surface area contributed by atoms with Crippen molar-refractivity contribution in [3.8, 4) is 0 Å². The minimum atomic E-state index is -0.862. The zero-order valence-corrected chi connectivity index (χ0v) is 12.7. The van der Waals surface area contributed by atoms with Crippen LogP contribution in [0.5, 0.6) is 0 Å². The predicted molar refractivity (Wildman–Crippen MR) is 74.5 cm³/mol. The number of ether oxygens (including phenoxy) is 1. The molecule has 2 rings (SSSR count). The molecule has 1 spiro atoms. The summed E-state index contributed by atoms with van der Waals surface area (Å²) >= 11 is 0. The van der Waals surface area contributed by atoms with Gasteiger partial charge < -0.3 is 15.0 Å². The maximum atomic E-state index is 14.1. The average Bonchev–Trinajstić information content (AvgIpc) is 2.66. The molecule has 0 saturated carbocycles. The third-order valence-corrected chi connectivity index (χ3v) is 3.66. The van der Waals surface area contributed by atoms with Crippen molar-refractivity contribution in [2.75, 3.05) is 19.6 Å². The van der Waals surface area contributed by atoms with Crippen molar-refractivity contribution in [3.05, 3.63) is 0 Å². The lowest BCUT2D eigenvalue weighted by molar-refractivity contribution is 0.0253. The van der Waals surface area contributed by atoms with Crippen LogP contribution < -0.4 is 5.32 Å². The smallest absolute Gasteiger partial charge is 0.410 e. The molecular formula is C13H24ClFN2O2. The summed E-state index contributed by atoms with van der Waals surface area (Å²) in [5.74, 6) is 0. The second-order valence-corrected chi connectivity index (χ2v) is 6.34. The zero-order chi connectivity index (χ0) is 13.4. The van der Waals surface area contributed by atoms with Crippen LogP contribution in [0.1, 0.15) is 40.0 Å². The lowest BCUT2D eigenvalue weighted by Crippen LogP contribution is -2.58. The van der Waals surface area contributed by atoms with E-state index in [1.165, 1.54) is 0 Å². The largest absolute Gasteiger partial charge is 0.444 e. The van der Waals surface area contributed by atoms with Gasteiger partial charge in [0, 0.05) is 13.1 Å². The summed E-state index contributed by atoms with van der Waals surface area (Å²) in [5.41, 5.74) is -1.03. The highest BCUT2D eigenvalue weighted by Gasteiger charge is 2.48. The molecule has 2 unspecified atom stereocenters. The number of piperidine rings is 1. The molecule has 2 aliphatic rings. The molecule has 0 aromatic carbocycles. The fourth-order valence-electron chi connectivity index (χ4n) is 2.72. The fraction of sp³-hybridized carbons (Fsp3) is 0.923. The monoisotopic (exact) mass is 294 g/mol. The van der Waals surface area contributed by atoms with Crippen molar-refractivity contribution in [1.29, 1.82) is 0 Å². The first-order chi connectivity index (χ1) is 8.32. The topological polar surface area (TPSA) is 41.6 Å². The van der Waals surface area contributed by atoms with E-state index in [2.05, 4.69) is 5.32 Å². The van der Waals surface area contributed by atoms with E-state index in [1.807, 2.05) is 20.8 Å². The lowest BCUT2D eigenvalue weighted by atomic mass is 9.86. The molecule has 2 saturated heterocycles. The minimum absolute atomic E-state index is 0. The van der Waals surface area contributed by atoms with E-state index in [0.717, 1.165) is 13.0 Å². The van der Waals surface area contributed by atoms with Crippen molar-refractivity contribution < 1.29 is 13.9 Å². The Morgan fingerprint density at radius 2 is 2.16 bits per heavy atom. The molecular weight excluding hydrogens is 271 g/mol. The summed E-state index contributed by atoms with van der Waals surface area (Å²) in [6, 6.07) is 0. The maximum Gasteiger partial charge on any atom is 0.410 e. The molecule has 19 heavy (non-hydrogen) atoms. The van der Waals surface area contributed by atoms with Gasteiger partial charge in [-0.25, -0.2) is 9.18 Å². The number of halogens is 2. The molecule has 0 bridgehead atoms. The molecule has 4 nitrogen and oxygen atoms in total. The van der Waals surface area contributed by atoms with Gasteiger partial charge in [0.05, 0.1) is 5.54 Å². The summed E-state index contributed by atoms with van der Waals surface area (Å²) in [7, 11) is 0. The van der Waals surface area contributed by atoms with Crippen LogP contribution >= 0.6 is 12.4 Å². The summed E-state index contributed by atoms with van der Waals surface area (Å²) < 4.78 is 19.4. The van der Waals surface area contributed by atoms with Crippen LogP contribution in [-0.4, -0.2) is 47.9 Å². The first-order valence-corrected chi connectivity index (χ1v) is 6.69. The second kappa shape index (κ2) is 5.83. The number of carbonyl (C=O) groups is 1.